The molecule has 0 aliphatic heterocycles. The molecule has 0 unspecified atom stereocenters. The smallest absolute Gasteiger partial charge is 0.380 e. The third-order valence-electron chi connectivity index (χ3n) is 1.96. The van der Waals surface area contributed by atoms with E-state index in [1.165, 1.54) is 13.5 Å². The molecule has 0 radical (unpaired) electrons. The van der Waals surface area contributed by atoms with Crippen LogP contribution in [0.15, 0.2) is 18.2 Å². The Balaban J connectivity index is 0.00000110. The minimum Gasteiger partial charge on any atom is -0.380 e. The van der Waals surface area contributed by atoms with E-state index >= 15 is 0 Å². The highest BCUT2D eigenvalue weighted by Gasteiger charge is 2.36. The van der Waals surface area contributed by atoms with Crippen LogP contribution in [-0.4, -0.2) is 7.11 Å². The molecule has 0 saturated heterocycles. The summed E-state index contributed by atoms with van der Waals surface area (Å²) in [6.07, 6.45) is -8.38. The summed E-state index contributed by atoms with van der Waals surface area (Å²) >= 11 is 0. The zero-order valence-electron chi connectivity index (χ0n) is 11.3. The summed E-state index contributed by atoms with van der Waals surface area (Å²) in [5.41, 5.74) is -2.84. The van der Waals surface area contributed by atoms with Gasteiger partial charge in [0.25, 0.3) is 0 Å². The standard InChI is InChI=1S/C10H8F6O.C3H8/c1-17-5-6-2-7(9(11,12)13)4-8(3-6)10(14,15)16;1-3-2/h2-4H,5H2,1H3;3H2,1-2H3. The number of ether oxygens (including phenoxy) is 1. The van der Waals surface area contributed by atoms with Gasteiger partial charge in [-0.25, -0.2) is 0 Å². The van der Waals surface area contributed by atoms with Crippen LogP contribution in [0.1, 0.15) is 37.0 Å². The highest BCUT2D eigenvalue weighted by molar-refractivity contribution is 5.33. The van der Waals surface area contributed by atoms with Crippen LogP contribution in [-0.2, 0) is 23.7 Å². The first kappa shape index (κ1) is 18.8. The first-order valence-electron chi connectivity index (χ1n) is 5.83. The van der Waals surface area contributed by atoms with Gasteiger partial charge in [0.05, 0.1) is 17.7 Å². The molecule has 20 heavy (non-hydrogen) atoms. The van der Waals surface area contributed by atoms with Crippen LogP contribution in [0, 0.1) is 0 Å². The second-order valence-electron chi connectivity index (χ2n) is 4.05. The molecular formula is C13H16F6O. The van der Waals surface area contributed by atoms with E-state index in [2.05, 4.69) is 18.6 Å². The average Bonchev–Trinajstić information content (AvgIpc) is 2.27. The molecule has 0 amide bonds. The van der Waals surface area contributed by atoms with E-state index in [0.29, 0.717) is 12.1 Å². The fourth-order valence-electron chi connectivity index (χ4n) is 1.27. The Morgan fingerprint density at radius 3 is 1.45 bits per heavy atom. The van der Waals surface area contributed by atoms with E-state index < -0.39 is 23.5 Å². The minimum absolute atomic E-state index is 0.0825. The SMILES string of the molecule is CCC.COCc1cc(C(F)(F)F)cc(C(F)(F)F)c1. The topological polar surface area (TPSA) is 9.23 Å². The molecule has 0 heterocycles. The number of alkyl halides is 6. The van der Waals surface area contributed by atoms with Crippen molar-refractivity contribution < 1.29 is 31.1 Å². The normalized spacial score (nSPS) is 11.8. The molecule has 1 aromatic rings. The van der Waals surface area contributed by atoms with Crippen molar-refractivity contribution in [3.63, 3.8) is 0 Å². The quantitative estimate of drug-likeness (QED) is 0.675. The van der Waals surface area contributed by atoms with E-state index in [9.17, 15) is 26.3 Å². The van der Waals surface area contributed by atoms with Crippen LogP contribution < -0.4 is 0 Å². The first-order valence-corrected chi connectivity index (χ1v) is 5.83. The summed E-state index contributed by atoms with van der Waals surface area (Å²) in [7, 11) is 1.19. The van der Waals surface area contributed by atoms with Gasteiger partial charge in [0, 0.05) is 7.11 Å². The molecule has 116 valence electrons. The maximum atomic E-state index is 12.4. The van der Waals surface area contributed by atoms with Gasteiger partial charge in [-0.2, -0.15) is 26.3 Å². The molecule has 0 spiro atoms. The molecule has 0 saturated carbocycles. The lowest BCUT2D eigenvalue weighted by Crippen LogP contribution is -2.12. The van der Waals surface area contributed by atoms with E-state index in [1.54, 1.807) is 0 Å². The Hall–Kier alpha value is -1.24. The van der Waals surface area contributed by atoms with Crippen molar-refractivity contribution in [2.45, 2.75) is 39.2 Å². The molecule has 1 aromatic carbocycles. The zero-order chi connectivity index (χ0) is 16.0. The number of hydrogen-bond acceptors (Lipinski definition) is 1. The van der Waals surface area contributed by atoms with Crippen LogP contribution in [0.2, 0.25) is 0 Å². The van der Waals surface area contributed by atoms with Crippen molar-refractivity contribution >= 4 is 0 Å². The van der Waals surface area contributed by atoms with E-state index in [0.717, 1.165) is 0 Å². The van der Waals surface area contributed by atoms with Crippen molar-refractivity contribution in [3.8, 4) is 0 Å². The maximum absolute atomic E-state index is 12.4. The highest BCUT2D eigenvalue weighted by Crippen LogP contribution is 2.36. The van der Waals surface area contributed by atoms with Crippen LogP contribution in [0.25, 0.3) is 0 Å². The van der Waals surface area contributed by atoms with E-state index in [4.69, 9.17) is 0 Å². The van der Waals surface area contributed by atoms with Gasteiger partial charge in [0.2, 0.25) is 0 Å². The maximum Gasteiger partial charge on any atom is 0.416 e. The summed E-state index contributed by atoms with van der Waals surface area (Å²) in [6, 6.07) is 1.36. The molecule has 0 fully saturated rings. The Bertz CT molecular complexity index is 376. The lowest BCUT2D eigenvalue weighted by molar-refractivity contribution is -0.143. The number of hydrogen-bond donors (Lipinski definition) is 0. The summed E-state index contributed by atoms with van der Waals surface area (Å²) < 4.78 is 78.7. The van der Waals surface area contributed by atoms with Gasteiger partial charge in [-0.3, -0.25) is 0 Å². The van der Waals surface area contributed by atoms with Gasteiger partial charge in [0.15, 0.2) is 0 Å². The second-order valence-corrected chi connectivity index (χ2v) is 4.05. The number of methoxy groups -OCH3 is 1. The van der Waals surface area contributed by atoms with Gasteiger partial charge in [-0.05, 0) is 23.8 Å². The molecule has 0 aliphatic carbocycles. The predicted octanol–water partition coefficient (Wildman–Crippen LogP) is 5.29. The van der Waals surface area contributed by atoms with Gasteiger partial charge >= 0.3 is 12.4 Å². The number of halogens is 6. The Morgan fingerprint density at radius 2 is 1.20 bits per heavy atom. The van der Waals surface area contributed by atoms with Gasteiger partial charge < -0.3 is 4.74 Å². The molecule has 0 aliphatic rings. The van der Waals surface area contributed by atoms with Gasteiger partial charge in [0.1, 0.15) is 0 Å². The Labute approximate surface area is 113 Å². The predicted molar refractivity (Wildman–Crippen MR) is 63.1 cm³/mol. The van der Waals surface area contributed by atoms with Crippen molar-refractivity contribution in [1.82, 2.24) is 0 Å². The molecule has 1 rings (SSSR count). The van der Waals surface area contributed by atoms with Crippen molar-refractivity contribution in [1.29, 1.82) is 0 Å². The van der Waals surface area contributed by atoms with Gasteiger partial charge in [-0.15, -0.1) is 0 Å². The fourth-order valence-corrected chi connectivity index (χ4v) is 1.27. The average molecular weight is 302 g/mol. The Kier molecular flexibility index (Phi) is 7.05. The third-order valence-corrected chi connectivity index (χ3v) is 1.96. The van der Waals surface area contributed by atoms with Crippen LogP contribution >= 0.6 is 0 Å². The zero-order valence-corrected chi connectivity index (χ0v) is 11.3. The number of rotatable bonds is 2. The Morgan fingerprint density at radius 1 is 0.850 bits per heavy atom. The summed E-state index contributed by atoms with van der Waals surface area (Å²) in [6.45, 7) is 3.94. The summed E-state index contributed by atoms with van der Waals surface area (Å²) in [5, 5.41) is 0. The lowest BCUT2D eigenvalue weighted by Gasteiger charge is -2.13. The lowest BCUT2D eigenvalue weighted by atomic mass is 10.1. The van der Waals surface area contributed by atoms with Crippen LogP contribution in [0.3, 0.4) is 0 Å². The molecule has 0 bridgehead atoms. The summed E-state index contributed by atoms with van der Waals surface area (Å²) in [4.78, 5) is 0. The molecule has 0 aromatic heterocycles. The van der Waals surface area contributed by atoms with Crippen LogP contribution in [0.4, 0.5) is 26.3 Å². The van der Waals surface area contributed by atoms with Crippen molar-refractivity contribution in [2.24, 2.45) is 0 Å². The number of benzene rings is 1. The minimum atomic E-state index is -4.82. The van der Waals surface area contributed by atoms with E-state index in [-0.39, 0.29) is 18.2 Å². The second kappa shape index (κ2) is 7.52. The van der Waals surface area contributed by atoms with Crippen molar-refractivity contribution in [2.75, 3.05) is 7.11 Å². The summed E-state index contributed by atoms with van der Waals surface area (Å²) in [5.74, 6) is 0. The molecule has 0 atom stereocenters. The largest absolute Gasteiger partial charge is 0.416 e. The van der Waals surface area contributed by atoms with E-state index in [1.807, 2.05) is 0 Å². The molecule has 7 heteroatoms. The van der Waals surface area contributed by atoms with Crippen molar-refractivity contribution in [3.05, 3.63) is 34.9 Å². The van der Waals surface area contributed by atoms with Gasteiger partial charge in [-0.1, -0.05) is 20.3 Å². The third kappa shape index (κ3) is 6.27. The first-order chi connectivity index (χ1) is 9.06. The monoisotopic (exact) mass is 302 g/mol. The molecular weight excluding hydrogens is 286 g/mol. The fraction of sp³-hybridized carbons (Fsp3) is 0.538. The molecule has 0 N–H and O–H groups in total. The molecule has 1 nitrogen and oxygen atoms in total. The highest BCUT2D eigenvalue weighted by atomic mass is 19.4. The van der Waals surface area contributed by atoms with Crippen LogP contribution in [0.5, 0.6) is 0 Å².